The maximum absolute atomic E-state index is 11.6. The van der Waals surface area contributed by atoms with E-state index in [4.69, 9.17) is 0 Å². The molecule has 0 saturated heterocycles. The van der Waals surface area contributed by atoms with Gasteiger partial charge in [0, 0.05) is 0 Å². The number of hydrogen-bond donors (Lipinski definition) is 1. The average Bonchev–Trinajstić information content (AvgIpc) is 2.56. The molecule has 25 heavy (non-hydrogen) atoms. The first kappa shape index (κ1) is 27.7. The summed E-state index contributed by atoms with van der Waals surface area (Å²) in [5.41, 5.74) is 0. The fraction of sp³-hybridized carbons (Fsp3) is 0. The third-order valence-electron chi connectivity index (χ3n) is 3.57. The van der Waals surface area contributed by atoms with E-state index in [-0.39, 0.29) is 27.2 Å². The molecule has 0 amide bonds. The van der Waals surface area contributed by atoms with E-state index in [0.717, 1.165) is 15.9 Å². The van der Waals surface area contributed by atoms with Crippen molar-refractivity contribution in [3.8, 4) is 0 Å². The first-order valence-corrected chi connectivity index (χ1v) is 8.65. The van der Waals surface area contributed by atoms with Crippen LogP contribution in [0.15, 0.2) is 91.0 Å². The summed E-state index contributed by atoms with van der Waals surface area (Å²) in [6, 6.07) is 30.0. The minimum atomic E-state index is -2.88. The van der Waals surface area contributed by atoms with E-state index in [1.54, 1.807) is 0 Å². The Morgan fingerprint density at radius 1 is 0.440 bits per heavy atom. The van der Waals surface area contributed by atoms with Gasteiger partial charge in [0.2, 0.25) is 0 Å². The van der Waals surface area contributed by atoms with Crippen LogP contribution in [0, 0.1) is 0 Å². The van der Waals surface area contributed by atoms with Gasteiger partial charge in [-0.25, -0.2) is 0 Å². The Labute approximate surface area is 147 Å². The Bertz CT molecular complexity index is 591. The van der Waals surface area contributed by atoms with E-state index in [2.05, 4.69) is 0 Å². The van der Waals surface area contributed by atoms with Gasteiger partial charge in [-0.2, -0.15) is 0 Å². The molecule has 0 fully saturated rings. The van der Waals surface area contributed by atoms with Crippen molar-refractivity contribution in [1.29, 1.82) is 0 Å². The summed E-state index contributed by atoms with van der Waals surface area (Å²) in [6.07, 6.45) is 0. The van der Waals surface area contributed by atoms with E-state index in [1.807, 2.05) is 91.0 Å². The number of rotatable bonds is 3. The monoisotopic (exact) mass is 374 g/mol. The van der Waals surface area contributed by atoms with Gasteiger partial charge in [-0.1, -0.05) is 0 Å². The van der Waals surface area contributed by atoms with E-state index in [9.17, 15) is 4.89 Å². The van der Waals surface area contributed by atoms with Gasteiger partial charge >= 0.3 is 119 Å². The van der Waals surface area contributed by atoms with Crippen LogP contribution in [0.2, 0.25) is 0 Å². The van der Waals surface area contributed by atoms with E-state index in [1.165, 1.54) is 0 Å². The number of halogens is 4. The van der Waals surface area contributed by atoms with Crippen LogP contribution in [-0.2, 0) is 0 Å². The molecule has 0 unspecified atom stereocenters. The van der Waals surface area contributed by atoms with Crippen LogP contribution in [0.4, 0.5) is 18.8 Å². The van der Waals surface area contributed by atoms with Gasteiger partial charge in [-0.05, 0) is 0 Å². The van der Waals surface area contributed by atoms with Crippen LogP contribution in [0.5, 0.6) is 0 Å². The van der Waals surface area contributed by atoms with Crippen molar-refractivity contribution in [3.05, 3.63) is 91.0 Å². The Balaban J connectivity index is -0.000000968. The first-order valence-electron chi connectivity index (χ1n) is 6.71. The number of hydrogen-bond acceptors (Lipinski definition) is 1. The molecule has 0 aromatic heterocycles. The summed E-state index contributed by atoms with van der Waals surface area (Å²) >= 11 is 0. The predicted molar refractivity (Wildman–Crippen MR) is 109 cm³/mol. The molecule has 0 atom stereocenters. The molecular formula is C18H24BF4OP. The van der Waals surface area contributed by atoms with Crippen LogP contribution in [0.25, 0.3) is 0 Å². The van der Waals surface area contributed by atoms with Crippen molar-refractivity contribution < 1.29 is 23.7 Å². The Morgan fingerprint density at radius 3 is 0.840 bits per heavy atom. The number of benzene rings is 3. The predicted octanol–water partition coefficient (Wildman–Crippen LogP) is 2.05. The quantitative estimate of drug-likeness (QED) is 0.423. The van der Waals surface area contributed by atoms with Crippen molar-refractivity contribution in [3.63, 3.8) is 0 Å². The molecule has 3 rings (SSSR count). The van der Waals surface area contributed by atoms with Crippen molar-refractivity contribution in [2.45, 2.75) is 0 Å². The molecule has 0 aliphatic carbocycles. The summed E-state index contributed by atoms with van der Waals surface area (Å²) in [5.74, 6) is 0. The van der Waals surface area contributed by atoms with Gasteiger partial charge in [0.25, 0.3) is 0 Å². The third kappa shape index (κ3) is 5.41. The Kier molecular flexibility index (Phi) is 13.5. The maximum atomic E-state index is 11.6. The van der Waals surface area contributed by atoms with E-state index < -0.39 is 7.49 Å². The second-order valence-electron chi connectivity index (χ2n) is 4.81. The van der Waals surface area contributed by atoms with Gasteiger partial charge < -0.3 is 0 Å². The Hall–Kier alpha value is -2.17. The second-order valence-corrected chi connectivity index (χ2v) is 7.96. The zero-order valence-electron chi connectivity index (χ0n) is 12.7. The van der Waals surface area contributed by atoms with Crippen LogP contribution in [0.1, 0.15) is 0 Å². The van der Waals surface area contributed by atoms with Gasteiger partial charge in [-0.15, -0.1) is 0 Å². The molecule has 0 heterocycles. The van der Waals surface area contributed by atoms with Gasteiger partial charge in [0.1, 0.15) is 0 Å². The fourth-order valence-electron chi connectivity index (χ4n) is 2.54. The normalized spacial score (nSPS) is 9.64. The topological polar surface area (TPSA) is 20.2 Å². The molecule has 0 bridgehead atoms. The fourth-order valence-corrected chi connectivity index (χ4v) is 5.56. The molecule has 0 spiro atoms. The van der Waals surface area contributed by atoms with E-state index >= 15 is 0 Å². The zero-order valence-corrected chi connectivity index (χ0v) is 13.7. The minimum absolute atomic E-state index is 0. The average molecular weight is 374 g/mol. The molecule has 0 aliphatic rings. The standard InChI is InChI=1S/C18H17OP.BH3.4FH/c19-20(16-10-4-1-5-11-16,17-12-6-2-7-13-17)18-14-8-3-9-15-18;;;;;/h1-15,19-20H;1H3;4*1H. The van der Waals surface area contributed by atoms with Crippen molar-refractivity contribution in [2.75, 3.05) is 0 Å². The van der Waals surface area contributed by atoms with Crippen LogP contribution in [0.3, 0.4) is 0 Å². The summed E-state index contributed by atoms with van der Waals surface area (Å²) in [6.45, 7) is 0. The first-order chi connectivity index (χ1) is 9.82. The molecule has 1 N–H and O–H groups in total. The van der Waals surface area contributed by atoms with E-state index in [0.29, 0.717) is 0 Å². The molecule has 7 heteroatoms. The Morgan fingerprint density at radius 2 is 0.640 bits per heavy atom. The molecule has 3 aromatic rings. The second kappa shape index (κ2) is 12.2. The van der Waals surface area contributed by atoms with Crippen LogP contribution < -0.4 is 15.9 Å². The van der Waals surface area contributed by atoms with Crippen molar-refractivity contribution >= 4 is 31.8 Å². The molecule has 0 radical (unpaired) electrons. The third-order valence-corrected chi connectivity index (χ3v) is 7.08. The molecule has 0 saturated carbocycles. The molecule has 1 nitrogen and oxygen atoms in total. The summed E-state index contributed by atoms with van der Waals surface area (Å²) in [5, 5.41) is 3.03. The summed E-state index contributed by atoms with van der Waals surface area (Å²) in [4.78, 5) is 11.6. The zero-order chi connectivity index (χ0) is 13.8. The van der Waals surface area contributed by atoms with Gasteiger partial charge in [0.05, 0.1) is 8.41 Å². The molecule has 0 aliphatic heterocycles. The molecule has 3 aromatic carbocycles. The summed E-state index contributed by atoms with van der Waals surface area (Å²) in [7, 11) is -2.88. The SMILES string of the molecule is B.F.F.F.F.O[PH](c1ccccc1)(c1ccccc1)c1ccccc1. The van der Waals surface area contributed by atoms with Crippen molar-refractivity contribution in [2.24, 2.45) is 0 Å². The van der Waals surface area contributed by atoms with Gasteiger partial charge in [0.15, 0.2) is 0 Å². The van der Waals surface area contributed by atoms with Crippen molar-refractivity contribution in [1.82, 2.24) is 0 Å². The summed E-state index contributed by atoms with van der Waals surface area (Å²) < 4.78 is 0. The van der Waals surface area contributed by atoms with Gasteiger partial charge in [-0.3, -0.25) is 18.8 Å². The van der Waals surface area contributed by atoms with Crippen LogP contribution >= 0.6 is 7.49 Å². The van der Waals surface area contributed by atoms with Crippen LogP contribution in [-0.4, -0.2) is 13.3 Å². The molecule has 138 valence electrons. The molecular weight excluding hydrogens is 350 g/mol.